The molecule has 0 aliphatic rings. The Hall–Kier alpha value is -0.783. The van der Waals surface area contributed by atoms with Crippen LogP contribution in [0.5, 0.6) is 0 Å². The second-order valence-corrected chi connectivity index (χ2v) is 5.55. The fraction of sp³-hybridized carbons (Fsp3) is 0.700. The first-order valence-electron chi connectivity index (χ1n) is 5.30. The molecule has 0 amide bonds. The van der Waals surface area contributed by atoms with Gasteiger partial charge in [0.2, 0.25) is 6.08 Å². The van der Waals surface area contributed by atoms with Gasteiger partial charge in [0.05, 0.1) is 6.54 Å². The molecule has 0 aromatic heterocycles. The zero-order valence-corrected chi connectivity index (χ0v) is 11.1. The number of hydrogen-bond acceptors (Lipinski definition) is 5. The van der Waals surface area contributed by atoms with Crippen molar-refractivity contribution < 1.29 is 18.1 Å². The first-order valence-corrected chi connectivity index (χ1v) is 7.03. The summed E-state index contributed by atoms with van der Waals surface area (Å²) in [4.78, 5) is 13.5. The van der Waals surface area contributed by atoms with Gasteiger partial charge in [-0.2, -0.15) is 0 Å². The van der Waals surface area contributed by atoms with Crippen molar-refractivity contribution in [2.24, 2.45) is 4.99 Å². The minimum atomic E-state index is -2.90. The lowest BCUT2D eigenvalue weighted by atomic mass is 10.6. The number of isocyanates is 1. The first kappa shape index (κ1) is 15.2. The van der Waals surface area contributed by atoms with Gasteiger partial charge in [-0.3, -0.25) is 0 Å². The smallest absolute Gasteiger partial charge is 0.370 e. The van der Waals surface area contributed by atoms with Crippen LogP contribution in [0.3, 0.4) is 0 Å². The summed E-state index contributed by atoms with van der Waals surface area (Å²) in [5.74, 6) is 0. The molecule has 0 aromatic carbocycles. The summed E-state index contributed by atoms with van der Waals surface area (Å²) >= 11 is 0. The molecule has 0 fully saturated rings. The normalized spacial score (nSPS) is 10.9. The Morgan fingerprint density at radius 2 is 1.62 bits per heavy atom. The van der Waals surface area contributed by atoms with Gasteiger partial charge in [0.1, 0.15) is 0 Å². The molecule has 0 N–H and O–H groups in total. The maximum atomic E-state index is 10.1. The molecule has 0 spiro atoms. The van der Waals surface area contributed by atoms with Crippen LogP contribution in [0.15, 0.2) is 16.8 Å². The molecule has 0 saturated carbocycles. The second-order valence-electron chi connectivity index (χ2n) is 2.87. The van der Waals surface area contributed by atoms with E-state index in [1.165, 1.54) is 6.08 Å². The Labute approximate surface area is 97.5 Å². The number of hydrogen-bond donors (Lipinski definition) is 0. The van der Waals surface area contributed by atoms with E-state index in [1.54, 1.807) is 0 Å². The lowest BCUT2D eigenvalue weighted by Crippen LogP contribution is -2.49. The lowest BCUT2D eigenvalue weighted by Gasteiger charge is -2.29. The Morgan fingerprint density at radius 3 is 1.94 bits per heavy atom. The summed E-state index contributed by atoms with van der Waals surface area (Å²) in [5.41, 5.74) is 0. The largest absolute Gasteiger partial charge is 0.534 e. The number of rotatable bonds is 9. The van der Waals surface area contributed by atoms with Crippen molar-refractivity contribution in [1.29, 1.82) is 0 Å². The fourth-order valence-electron chi connectivity index (χ4n) is 1.23. The second kappa shape index (κ2) is 8.38. The van der Waals surface area contributed by atoms with Crippen LogP contribution in [0.25, 0.3) is 0 Å². The van der Waals surface area contributed by atoms with Crippen molar-refractivity contribution in [3.63, 3.8) is 0 Å². The predicted molar refractivity (Wildman–Crippen MR) is 62.8 cm³/mol. The van der Waals surface area contributed by atoms with E-state index in [0.717, 1.165) is 0 Å². The van der Waals surface area contributed by atoms with Crippen molar-refractivity contribution in [2.75, 3.05) is 26.4 Å². The Bertz CT molecular complexity index is 247. The van der Waals surface area contributed by atoms with E-state index in [9.17, 15) is 4.79 Å². The van der Waals surface area contributed by atoms with Crippen LogP contribution in [-0.2, 0) is 18.1 Å². The quantitative estimate of drug-likeness (QED) is 0.350. The van der Waals surface area contributed by atoms with E-state index in [1.807, 2.05) is 20.8 Å². The summed E-state index contributed by atoms with van der Waals surface area (Å²) in [7, 11) is -2.90. The summed E-state index contributed by atoms with van der Waals surface area (Å²) in [6.07, 6.45) is 1.47. The predicted octanol–water partition coefficient (Wildman–Crippen LogP) is 1.47. The van der Waals surface area contributed by atoms with E-state index in [4.69, 9.17) is 13.3 Å². The highest BCUT2D eigenvalue weighted by atomic mass is 28.4. The van der Waals surface area contributed by atoms with Crippen molar-refractivity contribution in [3.8, 4) is 0 Å². The van der Waals surface area contributed by atoms with E-state index in [-0.39, 0.29) is 6.54 Å². The summed E-state index contributed by atoms with van der Waals surface area (Å²) in [6.45, 7) is 10.9. The molecular formula is C10H19NO4Si. The molecule has 0 bridgehead atoms. The Balaban J connectivity index is 4.81. The average molecular weight is 245 g/mol. The molecule has 0 unspecified atom stereocenters. The molecule has 16 heavy (non-hydrogen) atoms. The molecule has 0 atom stereocenters. The highest BCUT2D eigenvalue weighted by Crippen LogP contribution is 2.19. The SMILES string of the molecule is C=C(CN=C=O)[Si](OCC)(OCC)OCC. The van der Waals surface area contributed by atoms with E-state index in [2.05, 4.69) is 11.6 Å². The van der Waals surface area contributed by atoms with Crippen LogP contribution in [-0.4, -0.2) is 41.2 Å². The zero-order valence-electron chi connectivity index (χ0n) is 10.1. The monoisotopic (exact) mass is 245 g/mol. The highest BCUT2D eigenvalue weighted by molar-refractivity contribution is 6.68. The molecule has 0 aliphatic heterocycles. The van der Waals surface area contributed by atoms with E-state index in [0.29, 0.717) is 25.0 Å². The topological polar surface area (TPSA) is 57.1 Å². The number of nitrogens with zero attached hydrogens (tertiary/aromatic N) is 1. The molecule has 92 valence electrons. The number of aliphatic imine (C=N–C) groups is 1. The minimum Gasteiger partial charge on any atom is -0.370 e. The molecule has 6 heteroatoms. The van der Waals surface area contributed by atoms with Crippen LogP contribution in [0.4, 0.5) is 0 Å². The molecule has 0 aromatic rings. The fourth-order valence-corrected chi connectivity index (χ4v) is 3.50. The standard InChI is InChI=1S/C10H19NO4Si/c1-5-13-16(14-6-2,15-7-3)10(4)8-11-9-12/h4-8H2,1-3H3. The average Bonchev–Trinajstić information content (AvgIpc) is 2.26. The van der Waals surface area contributed by atoms with Crippen molar-refractivity contribution in [1.82, 2.24) is 0 Å². The molecule has 0 rings (SSSR count). The molecule has 0 radical (unpaired) electrons. The van der Waals surface area contributed by atoms with Gasteiger partial charge < -0.3 is 13.3 Å². The third-order valence-electron chi connectivity index (χ3n) is 1.77. The molecule has 5 nitrogen and oxygen atoms in total. The van der Waals surface area contributed by atoms with Gasteiger partial charge in [0.15, 0.2) is 0 Å². The van der Waals surface area contributed by atoms with Gasteiger partial charge in [0.25, 0.3) is 0 Å². The van der Waals surface area contributed by atoms with Crippen LogP contribution in [0, 0.1) is 0 Å². The van der Waals surface area contributed by atoms with Crippen LogP contribution in [0.2, 0.25) is 0 Å². The Kier molecular flexibility index (Phi) is 7.97. The van der Waals surface area contributed by atoms with E-state index < -0.39 is 8.80 Å². The van der Waals surface area contributed by atoms with Gasteiger partial charge in [-0.1, -0.05) is 6.58 Å². The minimum absolute atomic E-state index is 0.135. The summed E-state index contributed by atoms with van der Waals surface area (Å²) < 4.78 is 16.7. The third-order valence-corrected chi connectivity index (χ3v) is 4.80. The summed E-state index contributed by atoms with van der Waals surface area (Å²) in [5, 5.41) is 0.585. The van der Waals surface area contributed by atoms with Gasteiger partial charge in [-0.05, 0) is 20.8 Å². The zero-order chi connectivity index (χ0) is 12.4. The molecular weight excluding hydrogens is 226 g/mol. The van der Waals surface area contributed by atoms with Crippen molar-refractivity contribution >= 4 is 14.9 Å². The van der Waals surface area contributed by atoms with Crippen LogP contribution < -0.4 is 0 Å². The number of carbonyl (C=O) groups excluding carboxylic acids is 1. The van der Waals surface area contributed by atoms with Crippen LogP contribution >= 0.6 is 0 Å². The van der Waals surface area contributed by atoms with Crippen LogP contribution in [0.1, 0.15) is 20.8 Å². The van der Waals surface area contributed by atoms with Gasteiger partial charge in [0, 0.05) is 25.0 Å². The van der Waals surface area contributed by atoms with E-state index >= 15 is 0 Å². The maximum absolute atomic E-state index is 10.1. The van der Waals surface area contributed by atoms with Gasteiger partial charge in [-0.25, -0.2) is 9.79 Å². The third kappa shape index (κ3) is 4.38. The van der Waals surface area contributed by atoms with Gasteiger partial charge in [-0.15, -0.1) is 0 Å². The maximum Gasteiger partial charge on any atom is 0.534 e. The molecule has 0 heterocycles. The summed E-state index contributed by atoms with van der Waals surface area (Å²) in [6, 6.07) is 0. The highest BCUT2D eigenvalue weighted by Gasteiger charge is 2.43. The molecule has 0 saturated heterocycles. The first-order chi connectivity index (χ1) is 7.66. The van der Waals surface area contributed by atoms with Crippen molar-refractivity contribution in [3.05, 3.63) is 11.8 Å². The van der Waals surface area contributed by atoms with Gasteiger partial charge >= 0.3 is 8.80 Å². The van der Waals surface area contributed by atoms with Crippen molar-refractivity contribution in [2.45, 2.75) is 20.8 Å². The Morgan fingerprint density at radius 1 is 1.19 bits per heavy atom. The molecule has 0 aliphatic carbocycles. The lowest BCUT2D eigenvalue weighted by molar-refractivity contribution is 0.0806.